The van der Waals surface area contributed by atoms with E-state index in [-0.39, 0.29) is 22.6 Å². The molecule has 0 aliphatic rings. The number of nitrogens with zero attached hydrogens (tertiary/aromatic N) is 2. The van der Waals surface area contributed by atoms with Crippen molar-refractivity contribution in [3.05, 3.63) is 53.6 Å². The van der Waals surface area contributed by atoms with Crippen LogP contribution in [0.25, 0.3) is 0 Å². The van der Waals surface area contributed by atoms with E-state index in [1.807, 2.05) is 20.8 Å². The maximum atomic E-state index is 13.5. The lowest BCUT2D eigenvalue weighted by molar-refractivity contribution is 0.355. The highest BCUT2D eigenvalue weighted by Gasteiger charge is 2.19. The van der Waals surface area contributed by atoms with Gasteiger partial charge in [0, 0.05) is 17.3 Å². The van der Waals surface area contributed by atoms with Crippen LogP contribution in [0.2, 0.25) is 0 Å². The lowest BCUT2D eigenvalue weighted by atomic mass is 10.1. The minimum absolute atomic E-state index is 0.141. The van der Waals surface area contributed by atoms with Gasteiger partial charge >= 0.3 is 0 Å². The summed E-state index contributed by atoms with van der Waals surface area (Å²) in [5.41, 5.74) is 0.607. The number of hydrogen-bond acceptors (Lipinski definition) is 3. The summed E-state index contributed by atoms with van der Waals surface area (Å²) in [6, 6.07) is 5.93. The first-order chi connectivity index (χ1) is 9.67. The number of hydrogen-bond donors (Lipinski definition) is 0. The van der Waals surface area contributed by atoms with Crippen LogP contribution in [0.4, 0.5) is 4.39 Å². The van der Waals surface area contributed by atoms with Crippen LogP contribution in [0.15, 0.2) is 36.7 Å². The lowest BCUT2D eigenvalue weighted by Gasteiger charge is -2.18. The average Bonchev–Trinajstić information content (AvgIpc) is 2.79. The summed E-state index contributed by atoms with van der Waals surface area (Å²) < 4.78 is 39.6. The van der Waals surface area contributed by atoms with Gasteiger partial charge in [-0.3, -0.25) is 4.68 Å². The number of rotatable bonds is 4. The SMILES string of the molecule is CC(C)(C)n1cc(CS(=O)(=O)Cc2ccccc2F)cn1. The highest BCUT2D eigenvalue weighted by Crippen LogP contribution is 2.17. The van der Waals surface area contributed by atoms with Crippen molar-refractivity contribution < 1.29 is 12.8 Å². The molecule has 21 heavy (non-hydrogen) atoms. The van der Waals surface area contributed by atoms with Crippen LogP contribution in [-0.2, 0) is 26.9 Å². The molecule has 0 spiro atoms. The Morgan fingerprint density at radius 1 is 1.19 bits per heavy atom. The van der Waals surface area contributed by atoms with E-state index in [0.717, 1.165) is 0 Å². The van der Waals surface area contributed by atoms with Gasteiger partial charge in [-0.25, -0.2) is 12.8 Å². The molecule has 0 atom stereocenters. The standard InChI is InChI=1S/C15H19FN2O2S/c1-15(2,3)18-9-12(8-17-18)10-21(19,20)11-13-6-4-5-7-14(13)16/h4-9H,10-11H2,1-3H3. The van der Waals surface area contributed by atoms with Crippen molar-refractivity contribution in [1.29, 1.82) is 0 Å². The number of benzene rings is 1. The highest BCUT2D eigenvalue weighted by atomic mass is 32.2. The van der Waals surface area contributed by atoms with Gasteiger partial charge in [0.2, 0.25) is 0 Å². The summed E-state index contributed by atoms with van der Waals surface area (Å²) in [5, 5.41) is 4.17. The summed E-state index contributed by atoms with van der Waals surface area (Å²) in [6.45, 7) is 5.95. The first-order valence-corrected chi connectivity index (χ1v) is 8.47. The minimum atomic E-state index is -3.44. The molecule has 2 rings (SSSR count). The van der Waals surface area contributed by atoms with Crippen LogP contribution >= 0.6 is 0 Å². The summed E-state index contributed by atoms with van der Waals surface area (Å²) >= 11 is 0. The quantitative estimate of drug-likeness (QED) is 0.872. The summed E-state index contributed by atoms with van der Waals surface area (Å²) in [7, 11) is -3.44. The van der Waals surface area contributed by atoms with Crippen molar-refractivity contribution >= 4 is 9.84 Å². The predicted octanol–water partition coefficient (Wildman–Crippen LogP) is 2.89. The third-order valence-corrected chi connectivity index (χ3v) is 4.57. The fraction of sp³-hybridized carbons (Fsp3) is 0.400. The zero-order valence-corrected chi connectivity index (χ0v) is 13.2. The molecule has 1 aromatic heterocycles. The third-order valence-electron chi connectivity index (χ3n) is 3.04. The number of halogens is 1. The lowest BCUT2D eigenvalue weighted by Crippen LogP contribution is -2.22. The van der Waals surface area contributed by atoms with Gasteiger partial charge in [0.15, 0.2) is 9.84 Å². The van der Waals surface area contributed by atoms with Gasteiger partial charge in [-0.05, 0) is 26.8 Å². The molecule has 4 nitrogen and oxygen atoms in total. The number of aromatic nitrogens is 2. The molecule has 0 aliphatic carbocycles. The molecule has 2 aromatic rings. The molecule has 0 radical (unpaired) electrons. The van der Waals surface area contributed by atoms with Crippen molar-refractivity contribution in [3.8, 4) is 0 Å². The molecule has 0 amide bonds. The second-order valence-corrected chi connectivity index (χ2v) is 8.15. The Hall–Kier alpha value is -1.69. The maximum absolute atomic E-state index is 13.5. The topological polar surface area (TPSA) is 52.0 Å². The Morgan fingerprint density at radius 3 is 2.43 bits per heavy atom. The summed E-state index contributed by atoms with van der Waals surface area (Å²) in [5.74, 6) is -0.941. The van der Waals surface area contributed by atoms with E-state index in [4.69, 9.17) is 0 Å². The van der Waals surface area contributed by atoms with Crippen molar-refractivity contribution in [1.82, 2.24) is 9.78 Å². The zero-order chi connectivity index (χ0) is 15.7. The summed E-state index contributed by atoms with van der Waals surface area (Å²) in [6.07, 6.45) is 3.27. The van der Waals surface area contributed by atoms with E-state index in [1.165, 1.54) is 12.1 Å². The van der Waals surface area contributed by atoms with Gasteiger partial charge in [-0.2, -0.15) is 5.10 Å². The Kier molecular flexibility index (Phi) is 4.18. The van der Waals surface area contributed by atoms with E-state index in [9.17, 15) is 12.8 Å². The molecule has 0 saturated carbocycles. The van der Waals surface area contributed by atoms with Gasteiger partial charge < -0.3 is 0 Å². The Bertz CT molecular complexity index is 730. The Morgan fingerprint density at radius 2 is 1.86 bits per heavy atom. The van der Waals surface area contributed by atoms with Crippen molar-refractivity contribution in [2.24, 2.45) is 0 Å². The normalized spacial score (nSPS) is 12.6. The molecule has 0 fully saturated rings. The molecule has 0 N–H and O–H groups in total. The monoisotopic (exact) mass is 310 g/mol. The predicted molar refractivity (Wildman–Crippen MR) is 80.0 cm³/mol. The maximum Gasteiger partial charge on any atom is 0.158 e. The fourth-order valence-corrected chi connectivity index (χ4v) is 3.43. The number of sulfone groups is 1. The van der Waals surface area contributed by atoms with Gasteiger partial charge in [-0.1, -0.05) is 18.2 Å². The molecule has 0 aliphatic heterocycles. The first kappa shape index (κ1) is 15.7. The third kappa shape index (κ3) is 4.14. The average molecular weight is 310 g/mol. The molecule has 0 saturated heterocycles. The van der Waals surface area contributed by atoms with Gasteiger partial charge in [0.25, 0.3) is 0 Å². The van der Waals surface area contributed by atoms with Crippen molar-refractivity contribution in [3.63, 3.8) is 0 Å². The molecular formula is C15H19FN2O2S. The van der Waals surface area contributed by atoms with Crippen molar-refractivity contribution in [2.45, 2.75) is 37.8 Å². The molecule has 6 heteroatoms. The van der Waals surface area contributed by atoms with Crippen LogP contribution in [0.3, 0.4) is 0 Å². The van der Waals surface area contributed by atoms with E-state index in [1.54, 1.807) is 29.2 Å². The molecular weight excluding hydrogens is 291 g/mol. The van der Waals surface area contributed by atoms with Gasteiger partial charge in [-0.15, -0.1) is 0 Å². The van der Waals surface area contributed by atoms with Crippen LogP contribution in [-0.4, -0.2) is 18.2 Å². The largest absolute Gasteiger partial charge is 0.267 e. The fourth-order valence-electron chi connectivity index (χ4n) is 1.96. The Balaban J connectivity index is 2.15. The molecule has 0 unspecified atom stereocenters. The van der Waals surface area contributed by atoms with Crippen molar-refractivity contribution in [2.75, 3.05) is 0 Å². The van der Waals surface area contributed by atoms with Gasteiger partial charge in [0.1, 0.15) is 5.82 Å². The van der Waals surface area contributed by atoms with Crippen LogP contribution < -0.4 is 0 Å². The highest BCUT2D eigenvalue weighted by molar-refractivity contribution is 7.89. The first-order valence-electron chi connectivity index (χ1n) is 6.65. The molecule has 0 bridgehead atoms. The molecule has 1 aromatic carbocycles. The Labute approximate surface area is 124 Å². The summed E-state index contributed by atoms with van der Waals surface area (Å²) in [4.78, 5) is 0. The molecule has 114 valence electrons. The molecule has 1 heterocycles. The minimum Gasteiger partial charge on any atom is -0.267 e. The second kappa shape index (κ2) is 5.60. The van der Waals surface area contributed by atoms with E-state index >= 15 is 0 Å². The van der Waals surface area contributed by atoms with Crippen LogP contribution in [0, 0.1) is 5.82 Å². The second-order valence-electron chi connectivity index (χ2n) is 6.09. The van der Waals surface area contributed by atoms with Crippen LogP contribution in [0.5, 0.6) is 0 Å². The van der Waals surface area contributed by atoms with Gasteiger partial charge in [0.05, 0.1) is 23.2 Å². The van der Waals surface area contributed by atoms with E-state index < -0.39 is 15.7 Å². The smallest absolute Gasteiger partial charge is 0.158 e. The van der Waals surface area contributed by atoms with E-state index in [0.29, 0.717) is 5.56 Å². The van der Waals surface area contributed by atoms with E-state index in [2.05, 4.69) is 5.10 Å². The zero-order valence-electron chi connectivity index (χ0n) is 12.4. The van der Waals surface area contributed by atoms with Crippen LogP contribution in [0.1, 0.15) is 31.9 Å².